The fourth-order valence-electron chi connectivity index (χ4n) is 0. The second-order valence-corrected chi connectivity index (χ2v) is 0. The Morgan fingerprint density at radius 2 is 1.00 bits per heavy atom. The largest absolute Gasteiger partial charge is 0.197 e. The van der Waals surface area contributed by atoms with Crippen LogP contribution in [-0.2, 0) is 33.6 Å². The summed E-state index contributed by atoms with van der Waals surface area (Å²) in [4.78, 5) is 0. The zero-order valence-electron chi connectivity index (χ0n) is 2.40. The van der Waals surface area contributed by atoms with E-state index >= 15 is 0 Å². The minimum absolute atomic E-state index is 0. The Hall–Kier alpha value is 2.01. The first-order valence-corrected chi connectivity index (χ1v) is 0. The molecule has 0 N–H and O–H groups in total. The van der Waals surface area contributed by atoms with E-state index in [2.05, 4.69) is 0 Å². The van der Waals surface area contributed by atoms with Crippen LogP contribution in [-0.4, -0.2) is 11.0 Å². The molecule has 0 nitrogen and oxygen atoms in total. The van der Waals surface area contributed by atoms with Crippen LogP contribution in [0.25, 0.3) is 0 Å². The Bertz CT molecular complexity index is 15.5. The van der Waals surface area contributed by atoms with E-state index in [9.17, 15) is 0 Å². The van der Waals surface area contributed by atoms with Crippen molar-refractivity contribution in [1.82, 2.24) is 0 Å². The van der Waals surface area contributed by atoms with Crippen LogP contribution in [0, 0.1) is 0 Å². The average Bonchev–Trinajstić information content (AvgIpc) is 0. The molecule has 0 aromatic carbocycles. The van der Waals surface area contributed by atoms with Crippen LogP contribution in [0.15, 0.2) is 0 Å². The van der Waals surface area contributed by atoms with Crippen molar-refractivity contribution in [3.05, 3.63) is 0 Å². The third-order valence-corrected chi connectivity index (χ3v) is 0. The van der Waals surface area contributed by atoms with Gasteiger partial charge in [-0.05, 0) is 0 Å². The summed E-state index contributed by atoms with van der Waals surface area (Å²) in [7, 11) is 0. The molecule has 0 heterocycles. The molecule has 5 radical (unpaired) electrons. The van der Waals surface area contributed by atoms with Gasteiger partial charge in [0.25, 0.3) is 0 Å². The minimum atomic E-state index is 0. The molecule has 1 unspecified atom stereocenters. The van der Waals surface area contributed by atoms with Crippen LogP contribution < -0.4 is 0 Å². The third kappa shape index (κ3) is 37.3. The van der Waals surface area contributed by atoms with E-state index in [0.29, 0.717) is 0 Å². The first-order valence-electron chi connectivity index (χ1n) is 0. The van der Waals surface area contributed by atoms with Gasteiger partial charge in [-0.2, -0.15) is 23.4 Å². The molecule has 1 atom stereocenters. The van der Waals surface area contributed by atoms with Crippen molar-refractivity contribution in [1.29, 1.82) is 0 Å². The van der Waals surface area contributed by atoms with Gasteiger partial charge in [0, 0.05) is 44.5 Å². The van der Waals surface area contributed by atoms with Crippen LogP contribution >= 0.6 is 23.4 Å². The summed E-state index contributed by atoms with van der Waals surface area (Å²) < 4.78 is 0. The molecule has 0 aliphatic rings. The summed E-state index contributed by atoms with van der Waals surface area (Å²) in [5, 5.41) is 0. The van der Waals surface area contributed by atoms with Gasteiger partial charge in [-0.3, -0.25) is 0 Å². The maximum atomic E-state index is 0. The van der Waals surface area contributed by atoms with E-state index in [0.717, 1.165) is 0 Å². The summed E-state index contributed by atoms with van der Waals surface area (Å²) in [5.74, 6) is 0. The molecule has 5 heteroatoms. The molecule has 0 aliphatic carbocycles. The molecule has 0 rings (SSSR count). The Labute approximate surface area is 75.1 Å². The monoisotopic (exact) mass is 225 g/mol. The fourth-order valence-corrected chi connectivity index (χ4v) is 0. The van der Waals surface area contributed by atoms with Gasteiger partial charge in [0.15, 0.2) is 0 Å². The standard InChI is InChI=1S/CH4.Mn.Ni.H3P.H2S.Si/h1H4;;;1H3;1H2;. The van der Waals surface area contributed by atoms with Gasteiger partial charge in [-0.1, -0.05) is 7.43 Å². The molecule has 0 aromatic rings. The zero-order valence-corrected chi connectivity index (χ0v) is 7.98. The molecule has 0 aliphatic heterocycles. The quantitative estimate of drug-likeness (QED) is 0.414. The van der Waals surface area contributed by atoms with Gasteiger partial charge < -0.3 is 0 Å². The van der Waals surface area contributed by atoms with Crippen molar-refractivity contribution in [3.63, 3.8) is 0 Å². The predicted octanol–water partition coefficient (Wildman–Crippen LogP) is 0.421. The van der Waals surface area contributed by atoms with Gasteiger partial charge in [-0.25, -0.2) is 0 Å². The summed E-state index contributed by atoms with van der Waals surface area (Å²) in [6.45, 7) is 0. The van der Waals surface area contributed by atoms with Crippen molar-refractivity contribution < 1.29 is 33.6 Å². The zero-order chi connectivity index (χ0) is 0. The third-order valence-electron chi connectivity index (χ3n) is 0. The topological polar surface area (TPSA) is 0 Å². The summed E-state index contributed by atoms with van der Waals surface area (Å²) >= 11 is 0. The van der Waals surface area contributed by atoms with Crippen molar-refractivity contribution in [2.45, 2.75) is 7.43 Å². The number of hydrogen-bond acceptors (Lipinski definition) is 0. The van der Waals surface area contributed by atoms with E-state index < -0.39 is 0 Å². The first kappa shape index (κ1) is 97.4. The van der Waals surface area contributed by atoms with Gasteiger partial charge in [-0.15, -0.1) is 0 Å². The fraction of sp³-hybridized carbons (Fsp3) is 1.00. The molecule has 0 amide bonds. The van der Waals surface area contributed by atoms with Crippen LogP contribution in [0.5, 0.6) is 0 Å². The molecular weight excluding hydrogens is 217 g/mol. The Balaban J connectivity index is 0. The second-order valence-electron chi connectivity index (χ2n) is 0. The first-order chi connectivity index (χ1) is 0. The summed E-state index contributed by atoms with van der Waals surface area (Å²) in [5.41, 5.74) is 0. The van der Waals surface area contributed by atoms with Gasteiger partial charge in [0.05, 0.1) is 0 Å². The Morgan fingerprint density at radius 1 is 1.00 bits per heavy atom. The van der Waals surface area contributed by atoms with Crippen LogP contribution in [0.3, 0.4) is 0 Å². The summed E-state index contributed by atoms with van der Waals surface area (Å²) in [6.07, 6.45) is 0. The number of hydrogen-bond donors (Lipinski definition) is 0. The molecule has 0 fully saturated rings. The van der Waals surface area contributed by atoms with E-state index in [1.165, 1.54) is 0 Å². The number of rotatable bonds is 0. The molecule has 45 valence electrons. The molecule has 0 bridgehead atoms. The smallest absolute Gasteiger partial charge is 0 e. The van der Waals surface area contributed by atoms with Crippen LogP contribution in [0.4, 0.5) is 0 Å². The van der Waals surface area contributed by atoms with Crippen molar-refractivity contribution in [2.75, 3.05) is 0 Å². The maximum absolute atomic E-state index is 0. The Morgan fingerprint density at radius 3 is 1.00 bits per heavy atom. The second kappa shape index (κ2) is 62.7. The molecule has 6 heavy (non-hydrogen) atoms. The van der Waals surface area contributed by atoms with E-state index in [-0.39, 0.29) is 75.3 Å². The van der Waals surface area contributed by atoms with E-state index in [1.54, 1.807) is 0 Å². The van der Waals surface area contributed by atoms with Gasteiger partial charge in [0.2, 0.25) is 0 Å². The molecule has 0 spiro atoms. The van der Waals surface area contributed by atoms with E-state index in [4.69, 9.17) is 0 Å². The van der Waals surface area contributed by atoms with Crippen LogP contribution in [0.2, 0.25) is 0 Å². The molecule has 0 saturated heterocycles. The van der Waals surface area contributed by atoms with E-state index in [1.807, 2.05) is 0 Å². The average molecular weight is 226 g/mol. The van der Waals surface area contributed by atoms with Crippen LogP contribution in [0.1, 0.15) is 7.43 Å². The van der Waals surface area contributed by atoms with Gasteiger partial charge >= 0.3 is 0 Å². The van der Waals surface area contributed by atoms with Crippen molar-refractivity contribution in [2.24, 2.45) is 0 Å². The molecular formula is CH9MnNiPSSi. The van der Waals surface area contributed by atoms with Crippen molar-refractivity contribution >= 4 is 34.4 Å². The molecule has 0 aromatic heterocycles. The molecule has 0 saturated carbocycles. The maximum Gasteiger partial charge on any atom is 0 e. The van der Waals surface area contributed by atoms with Gasteiger partial charge in [0.1, 0.15) is 0 Å². The summed E-state index contributed by atoms with van der Waals surface area (Å²) in [6, 6.07) is 0. The predicted molar refractivity (Wildman–Crippen MR) is 34.0 cm³/mol. The SMILES string of the molecule is C.P.S.[Mn].[Ni].[Si]. The normalized spacial score (nSPS) is 0. The van der Waals surface area contributed by atoms with Crippen molar-refractivity contribution in [3.8, 4) is 0 Å². The minimum Gasteiger partial charge on any atom is -0.197 e. The Kier molecular flexibility index (Phi) is 1020.